The van der Waals surface area contributed by atoms with E-state index in [9.17, 15) is 0 Å². The summed E-state index contributed by atoms with van der Waals surface area (Å²) in [5.41, 5.74) is 3.39. The molecule has 0 aliphatic rings. The van der Waals surface area contributed by atoms with E-state index in [2.05, 4.69) is 57.2 Å². The highest BCUT2D eigenvalue weighted by Crippen LogP contribution is 2.42. The minimum atomic E-state index is -1.71. The first-order valence-electron chi connectivity index (χ1n) is 11.8. The van der Waals surface area contributed by atoms with Crippen LogP contribution in [0.25, 0.3) is 18.2 Å². The summed E-state index contributed by atoms with van der Waals surface area (Å²) in [6.07, 6.45) is 15.7. The first-order chi connectivity index (χ1) is 16.7. The zero-order chi connectivity index (χ0) is 24.0. The largest absolute Gasteiger partial charge is 0.530 e. The number of rotatable bonds is 12. The van der Waals surface area contributed by atoms with Crippen LogP contribution in [-0.4, -0.2) is 0 Å². The van der Waals surface area contributed by atoms with Crippen LogP contribution in [0.1, 0.15) is 56.7 Å². The van der Waals surface area contributed by atoms with Gasteiger partial charge in [-0.15, -0.1) is 0 Å². The van der Waals surface area contributed by atoms with Crippen LogP contribution in [0, 0.1) is 0 Å². The Morgan fingerprint density at radius 1 is 0.471 bits per heavy atom. The van der Waals surface area contributed by atoms with E-state index >= 15 is 0 Å². The van der Waals surface area contributed by atoms with Crippen molar-refractivity contribution in [2.45, 2.75) is 40.0 Å². The molecule has 0 bridgehead atoms. The van der Waals surface area contributed by atoms with Crippen molar-refractivity contribution in [1.82, 2.24) is 0 Å². The fraction of sp³-hybridized carbons (Fsp3) is 0.200. The zero-order valence-corrected chi connectivity index (χ0v) is 21.1. The molecule has 0 N–H and O–H groups in total. The smallest absolute Gasteiger partial charge is 0.409 e. The highest BCUT2D eigenvalue weighted by molar-refractivity contribution is 7.43. The first kappa shape index (κ1) is 25.3. The molecule has 0 saturated heterocycles. The molecule has 0 atom stereocenters. The summed E-state index contributed by atoms with van der Waals surface area (Å²) in [6, 6.07) is 23.8. The Labute approximate surface area is 205 Å². The Balaban J connectivity index is 1.75. The topological polar surface area (TPSA) is 27.7 Å². The monoisotopic (exact) mass is 472 g/mol. The van der Waals surface area contributed by atoms with E-state index in [0.29, 0.717) is 17.2 Å². The molecule has 3 nitrogen and oxygen atoms in total. The molecule has 3 aromatic rings. The standard InChI is InChI=1S/C30H33O3P/c1-4-7-10-25-13-19-28(20-14-25)31-34(32-29-21-15-26(16-22-29)11-8-5-2)33-30-23-17-27(18-24-30)12-9-6-3/h7-24H,4-6H2,1-3H3. The fourth-order valence-corrected chi connectivity index (χ4v) is 3.99. The van der Waals surface area contributed by atoms with Gasteiger partial charge in [0.15, 0.2) is 0 Å². The fourth-order valence-electron chi connectivity index (χ4n) is 3.00. The second-order valence-electron chi connectivity index (χ2n) is 7.64. The molecule has 3 rings (SSSR count). The molecular formula is C30H33O3P. The maximum absolute atomic E-state index is 6.14. The summed E-state index contributed by atoms with van der Waals surface area (Å²) in [7, 11) is -1.71. The molecule has 0 aliphatic carbocycles. The zero-order valence-electron chi connectivity index (χ0n) is 20.2. The van der Waals surface area contributed by atoms with Crippen molar-refractivity contribution < 1.29 is 13.6 Å². The van der Waals surface area contributed by atoms with Gasteiger partial charge in [-0.05, 0) is 72.4 Å². The molecule has 0 radical (unpaired) electrons. The van der Waals surface area contributed by atoms with Gasteiger partial charge in [0.25, 0.3) is 0 Å². The summed E-state index contributed by atoms with van der Waals surface area (Å²) in [5, 5.41) is 0. The second kappa shape index (κ2) is 14.1. The van der Waals surface area contributed by atoms with Crippen molar-refractivity contribution in [3.63, 3.8) is 0 Å². The van der Waals surface area contributed by atoms with E-state index in [1.54, 1.807) is 0 Å². The summed E-state index contributed by atoms with van der Waals surface area (Å²) in [6.45, 7) is 6.36. The minimum absolute atomic E-state index is 0.699. The lowest BCUT2D eigenvalue weighted by Crippen LogP contribution is -2.02. The molecule has 0 amide bonds. The molecular weight excluding hydrogens is 439 g/mol. The highest BCUT2D eigenvalue weighted by atomic mass is 31.2. The van der Waals surface area contributed by atoms with E-state index in [1.165, 1.54) is 0 Å². The van der Waals surface area contributed by atoms with E-state index in [0.717, 1.165) is 36.0 Å². The Morgan fingerprint density at radius 2 is 0.735 bits per heavy atom. The predicted molar refractivity (Wildman–Crippen MR) is 146 cm³/mol. The van der Waals surface area contributed by atoms with Gasteiger partial charge < -0.3 is 13.6 Å². The van der Waals surface area contributed by atoms with Crippen molar-refractivity contribution in [3.05, 3.63) is 108 Å². The second-order valence-corrected chi connectivity index (χ2v) is 8.63. The maximum Gasteiger partial charge on any atom is 0.530 e. The average Bonchev–Trinajstić information content (AvgIpc) is 2.87. The number of allylic oxidation sites excluding steroid dienone is 3. The van der Waals surface area contributed by atoms with Crippen LogP contribution in [-0.2, 0) is 0 Å². The van der Waals surface area contributed by atoms with Gasteiger partial charge in [-0.1, -0.05) is 93.6 Å². The summed E-state index contributed by atoms with van der Waals surface area (Å²) in [5.74, 6) is 2.10. The van der Waals surface area contributed by atoms with Crippen molar-refractivity contribution in [2.24, 2.45) is 0 Å². The third-order valence-electron chi connectivity index (χ3n) is 4.82. The minimum Gasteiger partial charge on any atom is -0.409 e. The predicted octanol–water partition coefficient (Wildman–Crippen LogP) is 9.72. The van der Waals surface area contributed by atoms with E-state index in [4.69, 9.17) is 13.6 Å². The molecule has 0 saturated carbocycles. The van der Waals surface area contributed by atoms with Gasteiger partial charge in [-0.25, -0.2) is 0 Å². The number of hydrogen-bond donors (Lipinski definition) is 0. The molecule has 0 spiro atoms. The van der Waals surface area contributed by atoms with Crippen LogP contribution < -0.4 is 13.6 Å². The van der Waals surface area contributed by atoms with Gasteiger partial charge >= 0.3 is 8.60 Å². The van der Waals surface area contributed by atoms with Crippen LogP contribution in [0.2, 0.25) is 0 Å². The Bertz CT molecular complexity index is 924. The van der Waals surface area contributed by atoms with Crippen molar-refractivity contribution in [2.75, 3.05) is 0 Å². The van der Waals surface area contributed by atoms with Crippen LogP contribution >= 0.6 is 8.60 Å². The number of benzene rings is 3. The van der Waals surface area contributed by atoms with E-state index in [1.807, 2.05) is 72.8 Å². The Kier molecular flexibility index (Phi) is 10.5. The van der Waals surface area contributed by atoms with E-state index in [-0.39, 0.29) is 0 Å². The molecule has 176 valence electrons. The van der Waals surface area contributed by atoms with Gasteiger partial charge in [-0.2, -0.15) is 0 Å². The van der Waals surface area contributed by atoms with E-state index < -0.39 is 8.60 Å². The van der Waals surface area contributed by atoms with Crippen LogP contribution in [0.3, 0.4) is 0 Å². The van der Waals surface area contributed by atoms with Crippen LogP contribution in [0.5, 0.6) is 17.2 Å². The number of hydrogen-bond acceptors (Lipinski definition) is 3. The van der Waals surface area contributed by atoms with Gasteiger partial charge in [0.2, 0.25) is 0 Å². The third kappa shape index (κ3) is 8.57. The SMILES string of the molecule is CCC=Cc1ccc(OP(Oc2ccc(C=CCC)cc2)Oc2ccc(C=CCC)cc2)cc1. The Morgan fingerprint density at radius 3 is 0.971 bits per heavy atom. The Hall–Kier alpha value is -3.29. The molecule has 34 heavy (non-hydrogen) atoms. The van der Waals surface area contributed by atoms with Crippen molar-refractivity contribution in [3.8, 4) is 17.2 Å². The molecule has 0 fully saturated rings. The lowest BCUT2D eigenvalue weighted by molar-refractivity contribution is 0.388. The van der Waals surface area contributed by atoms with Gasteiger partial charge in [0.05, 0.1) is 0 Å². The third-order valence-corrected chi connectivity index (χ3v) is 5.90. The highest BCUT2D eigenvalue weighted by Gasteiger charge is 2.20. The quantitative estimate of drug-likeness (QED) is 0.246. The van der Waals surface area contributed by atoms with Crippen LogP contribution in [0.15, 0.2) is 91.0 Å². The van der Waals surface area contributed by atoms with Crippen molar-refractivity contribution in [1.29, 1.82) is 0 Å². The molecule has 4 heteroatoms. The van der Waals surface area contributed by atoms with Gasteiger partial charge in [0.1, 0.15) is 17.2 Å². The molecule has 3 aromatic carbocycles. The molecule has 0 aromatic heterocycles. The molecule has 0 heterocycles. The molecule has 0 unspecified atom stereocenters. The summed E-state index contributed by atoms with van der Waals surface area (Å²) < 4.78 is 18.4. The molecule has 0 aliphatic heterocycles. The van der Waals surface area contributed by atoms with Gasteiger partial charge in [-0.3, -0.25) is 0 Å². The average molecular weight is 473 g/mol. The summed E-state index contributed by atoms with van der Waals surface area (Å²) >= 11 is 0. The van der Waals surface area contributed by atoms with Crippen molar-refractivity contribution >= 4 is 26.8 Å². The lowest BCUT2D eigenvalue weighted by atomic mass is 10.2. The summed E-state index contributed by atoms with van der Waals surface area (Å²) in [4.78, 5) is 0. The first-order valence-corrected chi connectivity index (χ1v) is 12.9. The van der Waals surface area contributed by atoms with Gasteiger partial charge in [0, 0.05) is 0 Å². The van der Waals surface area contributed by atoms with Crippen LogP contribution in [0.4, 0.5) is 0 Å². The maximum atomic E-state index is 6.14. The normalized spacial score (nSPS) is 12.4. The lowest BCUT2D eigenvalue weighted by Gasteiger charge is -2.18.